The third-order valence-corrected chi connectivity index (χ3v) is 5.40. The highest BCUT2D eigenvalue weighted by molar-refractivity contribution is 9.10. The zero-order chi connectivity index (χ0) is 15.6. The van der Waals surface area contributed by atoms with E-state index in [1.165, 1.54) is 11.8 Å². The van der Waals surface area contributed by atoms with Crippen LogP contribution in [0.5, 0.6) is 0 Å². The second kappa shape index (κ2) is 6.40. The van der Waals surface area contributed by atoms with Gasteiger partial charge < -0.3 is 10.4 Å². The van der Waals surface area contributed by atoms with Crippen molar-refractivity contribution in [2.45, 2.75) is 37.1 Å². The first-order chi connectivity index (χ1) is 9.83. The summed E-state index contributed by atoms with van der Waals surface area (Å²) in [6, 6.07) is 5.87. The van der Waals surface area contributed by atoms with E-state index in [1.807, 2.05) is 25.1 Å². The lowest BCUT2D eigenvalue weighted by molar-refractivity contribution is -0.147. The number of hydrogen-bond acceptors (Lipinski definition) is 3. The molecule has 1 saturated carbocycles. The molecule has 0 aromatic heterocycles. The Morgan fingerprint density at radius 3 is 2.67 bits per heavy atom. The Morgan fingerprint density at radius 1 is 1.48 bits per heavy atom. The van der Waals surface area contributed by atoms with Gasteiger partial charge in [-0.05, 0) is 56.4 Å². The zero-order valence-electron chi connectivity index (χ0n) is 12.0. The molecular formula is C15H18BrNO3S. The van der Waals surface area contributed by atoms with Crippen LogP contribution >= 0.6 is 27.7 Å². The standard InChI is InChI=1S/C15H18BrNO3S/c1-9-7-11(16)5-6-12(9)21-8-13(18)17-15(2,14(19)20)10-3-4-10/h5-7,10H,3-4,8H2,1-2H3,(H,17,18)(H,19,20). The topological polar surface area (TPSA) is 66.4 Å². The highest BCUT2D eigenvalue weighted by Crippen LogP contribution is 2.39. The number of benzene rings is 1. The van der Waals surface area contributed by atoms with Crippen LogP contribution in [0.25, 0.3) is 0 Å². The van der Waals surface area contributed by atoms with Gasteiger partial charge in [0.05, 0.1) is 5.75 Å². The third-order valence-electron chi connectivity index (χ3n) is 3.73. The molecule has 1 aromatic carbocycles. The minimum atomic E-state index is -1.13. The van der Waals surface area contributed by atoms with Crippen LogP contribution in [0.1, 0.15) is 25.3 Å². The fraction of sp³-hybridized carbons (Fsp3) is 0.467. The number of halogens is 1. The average molecular weight is 372 g/mol. The molecule has 2 N–H and O–H groups in total. The van der Waals surface area contributed by atoms with Gasteiger partial charge in [-0.2, -0.15) is 0 Å². The maximum absolute atomic E-state index is 12.0. The average Bonchev–Trinajstić information content (AvgIpc) is 3.21. The number of nitrogens with one attached hydrogen (secondary N) is 1. The molecule has 1 aromatic rings. The van der Waals surface area contributed by atoms with E-state index in [4.69, 9.17) is 0 Å². The smallest absolute Gasteiger partial charge is 0.329 e. The number of carboxylic acid groups (broad SMARTS) is 1. The van der Waals surface area contributed by atoms with E-state index in [9.17, 15) is 14.7 Å². The van der Waals surface area contributed by atoms with Gasteiger partial charge in [-0.15, -0.1) is 11.8 Å². The van der Waals surface area contributed by atoms with E-state index in [-0.39, 0.29) is 17.6 Å². The van der Waals surface area contributed by atoms with E-state index >= 15 is 0 Å². The molecular weight excluding hydrogens is 354 g/mol. The maximum atomic E-state index is 12.0. The molecule has 0 aliphatic heterocycles. The molecule has 0 bridgehead atoms. The first-order valence-corrected chi connectivity index (χ1v) is 8.54. The van der Waals surface area contributed by atoms with Crippen LogP contribution in [-0.4, -0.2) is 28.3 Å². The Balaban J connectivity index is 1.94. The van der Waals surface area contributed by atoms with Crippen molar-refractivity contribution in [3.8, 4) is 0 Å². The minimum Gasteiger partial charge on any atom is -0.480 e. The van der Waals surface area contributed by atoms with Crippen molar-refractivity contribution in [2.75, 3.05) is 5.75 Å². The van der Waals surface area contributed by atoms with Crippen LogP contribution < -0.4 is 5.32 Å². The van der Waals surface area contributed by atoms with Gasteiger partial charge >= 0.3 is 5.97 Å². The van der Waals surface area contributed by atoms with E-state index in [0.717, 1.165) is 27.8 Å². The molecule has 6 heteroatoms. The Morgan fingerprint density at radius 2 is 2.14 bits per heavy atom. The Labute approximate surface area is 136 Å². The van der Waals surface area contributed by atoms with Gasteiger partial charge in [0.2, 0.25) is 5.91 Å². The molecule has 21 heavy (non-hydrogen) atoms. The Bertz CT molecular complexity index is 574. The molecule has 2 rings (SSSR count). The lowest BCUT2D eigenvalue weighted by atomic mass is 9.96. The second-order valence-corrected chi connectivity index (χ2v) is 7.46. The quantitative estimate of drug-likeness (QED) is 0.753. The molecule has 0 spiro atoms. The summed E-state index contributed by atoms with van der Waals surface area (Å²) in [6.07, 6.45) is 1.73. The number of hydrogen-bond donors (Lipinski definition) is 2. The van der Waals surface area contributed by atoms with Crippen molar-refractivity contribution in [1.82, 2.24) is 5.32 Å². The Hall–Kier alpha value is -1.01. The summed E-state index contributed by atoms with van der Waals surface area (Å²) in [5.41, 5.74) is -0.0442. The van der Waals surface area contributed by atoms with Gasteiger partial charge in [0, 0.05) is 9.37 Å². The van der Waals surface area contributed by atoms with Crippen LogP contribution in [0.4, 0.5) is 0 Å². The summed E-state index contributed by atoms with van der Waals surface area (Å²) < 4.78 is 1.00. The van der Waals surface area contributed by atoms with Crippen molar-refractivity contribution in [3.63, 3.8) is 0 Å². The molecule has 1 atom stereocenters. The van der Waals surface area contributed by atoms with Crippen molar-refractivity contribution < 1.29 is 14.7 Å². The SMILES string of the molecule is Cc1cc(Br)ccc1SCC(=O)NC(C)(C(=O)O)C1CC1. The number of aryl methyl sites for hydroxylation is 1. The first-order valence-electron chi connectivity index (χ1n) is 6.76. The molecule has 0 heterocycles. The normalized spacial score (nSPS) is 17.1. The predicted molar refractivity (Wildman–Crippen MR) is 86.5 cm³/mol. The summed E-state index contributed by atoms with van der Waals surface area (Å²) in [7, 11) is 0. The molecule has 1 aliphatic carbocycles. The number of carboxylic acids is 1. The van der Waals surface area contributed by atoms with E-state index < -0.39 is 11.5 Å². The molecule has 1 aliphatic rings. The van der Waals surface area contributed by atoms with Gasteiger partial charge in [0.15, 0.2) is 0 Å². The predicted octanol–water partition coefficient (Wildman–Crippen LogP) is 3.22. The van der Waals surface area contributed by atoms with Crippen LogP contribution in [0.15, 0.2) is 27.6 Å². The van der Waals surface area contributed by atoms with Crippen molar-refractivity contribution in [1.29, 1.82) is 0 Å². The lowest BCUT2D eigenvalue weighted by Crippen LogP contribution is -2.54. The van der Waals surface area contributed by atoms with Crippen molar-refractivity contribution in [2.24, 2.45) is 5.92 Å². The van der Waals surface area contributed by atoms with Gasteiger partial charge in [0.25, 0.3) is 0 Å². The van der Waals surface area contributed by atoms with Crippen molar-refractivity contribution in [3.05, 3.63) is 28.2 Å². The molecule has 1 unspecified atom stereocenters. The Kier molecular flexibility index (Phi) is 4.99. The van der Waals surface area contributed by atoms with E-state index in [0.29, 0.717) is 0 Å². The fourth-order valence-corrected chi connectivity index (χ4v) is 3.52. The molecule has 4 nitrogen and oxygen atoms in total. The van der Waals surface area contributed by atoms with Crippen LogP contribution in [-0.2, 0) is 9.59 Å². The molecule has 1 amide bonds. The first kappa shape index (κ1) is 16.4. The zero-order valence-corrected chi connectivity index (χ0v) is 14.4. The summed E-state index contributed by atoms with van der Waals surface area (Å²) in [4.78, 5) is 24.4. The third kappa shape index (κ3) is 4.01. The molecule has 1 fully saturated rings. The van der Waals surface area contributed by atoms with E-state index in [1.54, 1.807) is 6.92 Å². The largest absolute Gasteiger partial charge is 0.480 e. The summed E-state index contributed by atoms with van der Waals surface area (Å²) in [5.74, 6) is -0.918. The van der Waals surface area contributed by atoms with Gasteiger partial charge in [-0.1, -0.05) is 15.9 Å². The number of rotatable bonds is 6. The number of amides is 1. The van der Waals surface area contributed by atoms with Gasteiger partial charge in [0.1, 0.15) is 5.54 Å². The van der Waals surface area contributed by atoms with Gasteiger partial charge in [-0.3, -0.25) is 4.79 Å². The van der Waals surface area contributed by atoms with Gasteiger partial charge in [-0.25, -0.2) is 4.79 Å². The molecule has 0 radical (unpaired) electrons. The summed E-state index contributed by atoms with van der Waals surface area (Å²) in [5, 5.41) is 12.0. The summed E-state index contributed by atoms with van der Waals surface area (Å²) in [6.45, 7) is 3.58. The van der Waals surface area contributed by atoms with Crippen LogP contribution in [0.2, 0.25) is 0 Å². The second-order valence-electron chi connectivity index (χ2n) is 5.53. The van der Waals surface area contributed by atoms with Crippen molar-refractivity contribution >= 4 is 39.6 Å². The molecule has 114 valence electrons. The maximum Gasteiger partial charge on any atom is 0.329 e. The van der Waals surface area contributed by atoms with E-state index in [2.05, 4.69) is 21.2 Å². The highest BCUT2D eigenvalue weighted by Gasteiger charge is 2.48. The lowest BCUT2D eigenvalue weighted by Gasteiger charge is -2.26. The fourth-order valence-electron chi connectivity index (χ4n) is 2.23. The molecule has 0 saturated heterocycles. The highest BCUT2D eigenvalue weighted by atomic mass is 79.9. The number of thioether (sulfide) groups is 1. The summed E-state index contributed by atoms with van der Waals surface area (Å²) >= 11 is 4.82. The number of carbonyl (C=O) groups excluding carboxylic acids is 1. The minimum absolute atomic E-state index is 0.0540. The number of carbonyl (C=O) groups is 2. The van der Waals surface area contributed by atoms with Crippen LogP contribution in [0, 0.1) is 12.8 Å². The van der Waals surface area contributed by atoms with Crippen LogP contribution in [0.3, 0.4) is 0 Å². The monoisotopic (exact) mass is 371 g/mol. The number of aliphatic carboxylic acids is 1.